The molecule has 2 aliphatic rings. The lowest BCUT2D eigenvalue weighted by molar-refractivity contribution is -0.128. The number of carbonyl (C=O) groups excluding carboxylic acids is 4. The van der Waals surface area contributed by atoms with Gasteiger partial charge in [-0.1, -0.05) is 0 Å². The molecule has 2 fully saturated rings. The van der Waals surface area contributed by atoms with Crippen LogP contribution < -0.4 is 31.3 Å². The Bertz CT molecular complexity index is 895. The third kappa shape index (κ3) is 5.81. The Hall–Kier alpha value is -3.48. The number of amides is 5. The van der Waals surface area contributed by atoms with Crippen molar-refractivity contribution in [2.24, 2.45) is 5.73 Å². The lowest BCUT2D eigenvalue weighted by atomic mass is 9.93. The molecule has 32 heavy (non-hydrogen) atoms. The number of hydrogen-bond acceptors (Lipinski definition) is 6. The Morgan fingerprint density at radius 3 is 2.59 bits per heavy atom. The van der Waals surface area contributed by atoms with Gasteiger partial charge in [0.1, 0.15) is 6.61 Å². The molecule has 5 amide bonds. The van der Waals surface area contributed by atoms with Crippen LogP contribution in [-0.2, 0) is 19.1 Å². The first kappa shape index (κ1) is 23.2. The van der Waals surface area contributed by atoms with Crippen molar-refractivity contribution in [2.45, 2.75) is 38.0 Å². The van der Waals surface area contributed by atoms with Gasteiger partial charge in [-0.25, -0.2) is 4.79 Å². The van der Waals surface area contributed by atoms with Crippen molar-refractivity contribution in [1.82, 2.24) is 10.6 Å². The van der Waals surface area contributed by atoms with Crippen molar-refractivity contribution in [3.8, 4) is 5.75 Å². The van der Waals surface area contributed by atoms with E-state index in [0.717, 1.165) is 25.3 Å². The number of halogens is 2. The number of carbonyl (C=O) groups is 4. The van der Waals surface area contributed by atoms with Gasteiger partial charge in [0.05, 0.1) is 12.3 Å². The summed E-state index contributed by atoms with van der Waals surface area (Å²) in [6.07, 6.45) is 2.53. The number of alkyl halides is 2. The Labute approximate surface area is 181 Å². The fraction of sp³-hybridized carbons (Fsp3) is 0.474. The number of nitrogens with two attached hydrogens (primary N) is 1. The van der Waals surface area contributed by atoms with Crippen LogP contribution in [0.15, 0.2) is 18.2 Å². The molecule has 3 rings (SSSR count). The summed E-state index contributed by atoms with van der Waals surface area (Å²) >= 11 is 0. The van der Waals surface area contributed by atoms with Gasteiger partial charge in [-0.2, -0.15) is 8.78 Å². The van der Waals surface area contributed by atoms with Crippen LogP contribution in [0.1, 0.15) is 19.3 Å². The van der Waals surface area contributed by atoms with Crippen molar-refractivity contribution < 1.29 is 37.4 Å². The van der Waals surface area contributed by atoms with Crippen LogP contribution in [0.2, 0.25) is 0 Å². The topological polar surface area (TPSA) is 152 Å². The third-order valence-electron chi connectivity index (χ3n) is 5.00. The molecule has 0 bridgehead atoms. The molecule has 0 aromatic heterocycles. The number of ether oxygens (including phenoxy) is 2. The summed E-state index contributed by atoms with van der Waals surface area (Å²) in [5.41, 5.74) is 5.28. The molecular formula is C19H23F2N5O6. The monoisotopic (exact) mass is 455 g/mol. The fourth-order valence-corrected chi connectivity index (χ4v) is 3.15. The molecular weight excluding hydrogens is 432 g/mol. The van der Waals surface area contributed by atoms with Gasteiger partial charge in [-0.15, -0.1) is 0 Å². The van der Waals surface area contributed by atoms with E-state index in [1.54, 1.807) is 0 Å². The summed E-state index contributed by atoms with van der Waals surface area (Å²) in [5.74, 6) is -2.99. The van der Waals surface area contributed by atoms with E-state index in [-0.39, 0.29) is 43.1 Å². The molecule has 174 valence electrons. The summed E-state index contributed by atoms with van der Waals surface area (Å²) in [4.78, 5) is 49.6. The van der Waals surface area contributed by atoms with Gasteiger partial charge in [0.2, 0.25) is 5.91 Å². The lowest BCUT2D eigenvalue weighted by Gasteiger charge is -2.28. The van der Waals surface area contributed by atoms with E-state index in [9.17, 15) is 28.0 Å². The smallest absolute Gasteiger partial charge is 0.387 e. The molecule has 0 radical (unpaired) electrons. The summed E-state index contributed by atoms with van der Waals surface area (Å²) < 4.78 is 35.4. The summed E-state index contributed by atoms with van der Waals surface area (Å²) in [6, 6.07) is 1.25. The van der Waals surface area contributed by atoms with Crippen LogP contribution in [0.4, 0.5) is 25.0 Å². The van der Waals surface area contributed by atoms with E-state index in [0.29, 0.717) is 0 Å². The van der Waals surface area contributed by atoms with Gasteiger partial charge in [-0.3, -0.25) is 14.4 Å². The minimum Gasteiger partial charge on any atom is -0.433 e. The van der Waals surface area contributed by atoms with E-state index in [1.807, 2.05) is 0 Å². The molecule has 0 unspecified atom stereocenters. The highest BCUT2D eigenvalue weighted by atomic mass is 19.3. The largest absolute Gasteiger partial charge is 0.433 e. The minimum atomic E-state index is -3.22. The van der Waals surface area contributed by atoms with Crippen LogP contribution >= 0.6 is 0 Å². The van der Waals surface area contributed by atoms with Crippen LogP contribution in [0.5, 0.6) is 5.75 Å². The number of nitrogens with one attached hydrogen (secondary N) is 3. The van der Waals surface area contributed by atoms with Gasteiger partial charge in [0, 0.05) is 24.3 Å². The van der Waals surface area contributed by atoms with Crippen LogP contribution in [0.25, 0.3) is 0 Å². The zero-order valence-corrected chi connectivity index (χ0v) is 16.9. The second-order valence-corrected chi connectivity index (χ2v) is 7.23. The van der Waals surface area contributed by atoms with Gasteiger partial charge >= 0.3 is 12.6 Å². The van der Waals surface area contributed by atoms with E-state index in [4.69, 9.17) is 10.5 Å². The number of primary amides is 1. The third-order valence-corrected chi connectivity index (χ3v) is 5.00. The summed E-state index contributed by atoms with van der Waals surface area (Å²) in [7, 11) is 0. The fourth-order valence-electron chi connectivity index (χ4n) is 3.15. The zero-order chi connectivity index (χ0) is 23.3. The Balaban J connectivity index is 1.75. The molecule has 11 nitrogen and oxygen atoms in total. The minimum absolute atomic E-state index is 0.0481. The van der Waals surface area contributed by atoms with Crippen molar-refractivity contribution >= 4 is 35.1 Å². The average molecular weight is 455 g/mol. The molecule has 1 saturated heterocycles. The number of nitrogens with zero attached hydrogens (tertiary/aromatic N) is 1. The number of benzene rings is 1. The van der Waals surface area contributed by atoms with Crippen molar-refractivity contribution in [1.29, 1.82) is 0 Å². The number of rotatable bonds is 8. The van der Waals surface area contributed by atoms with E-state index in [1.165, 1.54) is 17.0 Å². The predicted molar refractivity (Wildman–Crippen MR) is 107 cm³/mol. The maximum atomic E-state index is 12.9. The average Bonchev–Trinajstić information content (AvgIpc) is 2.70. The normalized spacial score (nSPS) is 17.3. The van der Waals surface area contributed by atoms with Crippen LogP contribution in [-0.4, -0.2) is 62.2 Å². The standard InChI is InChI=1S/C19H23F2N5O6/c20-18(21)32-13-8-11(26-6-7-31-9-14(26)27)4-5-12(13)24-17(29)15(16(22)28)25-19(30)23-10-2-1-3-10/h4-5,8,10,15,18H,1-3,6-7,9H2,(H2,22,28)(H,24,29)(H2,23,25,30)/t15-/m0/s1. The summed E-state index contributed by atoms with van der Waals surface area (Å²) in [6.45, 7) is -2.90. The molecule has 13 heteroatoms. The zero-order valence-electron chi connectivity index (χ0n) is 16.9. The first-order chi connectivity index (χ1) is 15.2. The first-order valence-electron chi connectivity index (χ1n) is 9.89. The molecule has 1 aromatic carbocycles. The molecule has 1 aliphatic heterocycles. The van der Waals surface area contributed by atoms with Gasteiger partial charge in [0.25, 0.3) is 11.8 Å². The van der Waals surface area contributed by atoms with Gasteiger partial charge in [-0.05, 0) is 31.4 Å². The SMILES string of the molecule is NC(=O)[C@H](NC(=O)NC1CCC1)C(=O)Nc1ccc(N2CCOCC2=O)cc1OC(F)F. The van der Waals surface area contributed by atoms with Crippen LogP contribution in [0, 0.1) is 0 Å². The Morgan fingerprint density at radius 2 is 2.00 bits per heavy atom. The summed E-state index contributed by atoms with van der Waals surface area (Å²) in [5, 5.41) is 7.03. The molecule has 1 aromatic rings. The van der Waals surface area contributed by atoms with Crippen LogP contribution in [0.3, 0.4) is 0 Å². The Kier molecular flexibility index (Phi) is 7.41. The highest BCUT2D eigenvalue weighted by Crippen LogP contribution is 2.32. The maximum Gasteiger partial charge on any atom is 0.387 e. The highest BCUT2D eigenvalue weighted by molar-refractivity contribution is 6.12. The molecule has 1 heterocycles. The predicted octanol–water partition coefficient (Wildman–Crippen LogP) is 0.295. The van der Waals surface area contributed by atoms with Gasteiger partial charge < -0.3 is 36.1 Å². The number of anilines is 2. The van der Waals surface area contributed by atoms with E-state index >= 15 is 0 Å². The number of morpholine rings is 1. The second-order valence-electron chi connectivity index (χ2n) is 7.23. The molecule has 1 aliphatic carbocycles. The van der Waals surface area contributed by atoms with Gasteiger partial charge in [0.15, 0.2) is 11.8 Å². The van der Waals surface area contributed by atoms with Crippen molar-refractivity contribution in [2.75, 3.05) is 30.0 Å². The number of hydrogen-bond donors (Lipinski definition) is 4. The second kappa shape index (κ2) is 10.2. The highest BCUT2D eigenvalue weighted by Gasteiger charge is 2.29. The lowest BCUT2D eigenvalue weighted by Crippen LogP contribution is -2.56. The van der Waals surface area contributed by atoms with Crippen molar-refractivity contribution in [3.63, 3.8) is 0 Å². The Morgan fingerprint density at radius 1 is 1.25 bits per heavy atom. The molecule has 0 spiro atoms. The quantitative estimate of drug-likeness (QED) is 0.414. The molecule has 1 saturated carbocycles. The first-order valence-corrected chi connectivity index (χ1v) is 9.89. The molecule has 5 N–H and O–H groups in total. The number of urea groups is 1. The van der Waals surface area contributed by atoms with Crippen molar-refractivity contribution in [3.05, 3.63) is 18.2 Å². The van der Waals surface area contributed by atoms with E-state index in [2.05, 4.69) is 20.7 Å². The van der Waals surface area contributed by atoms with E-state index < -0.39 is 36.2 Å². The maximum absolute atomic E-state index is 12.9. The molecule has 1 atom stereocenters.